The van der Waals surface area contributed by atoms with Crippen molar-refractivity contribution in [3.05, 3.63) is 29.0 Å². The molecule has 0 amide bonds. The summed E-state index contributed by atoms with van der Waals surface area (Å²) in [7, 11) is 0. The van der Waals surface area contributed by atoms with Crippen LogP contribution < -0.4 is 10.5 Å². The van der Waals surface area contributed by atoms with Gasteiger partial charge in [0.05, 0.1) is 5.02 Å². The number of benzene rings is 1. The van der Waals surface area contributed by atoms with Crippen LogP contribution in [0, 0.1) is 11.2 Å². The zero-order valence-corrected chi connectivity index (χ0v) is 12.1. The van der Waals surface area contributed by atoms with Gasteiger partial charge in [-0.3, -0.25) is 0 Å². The Kier molecular flexibility index (Phi) is 5.00. The second-order valence-corrected chi connectivity index (χ2v) is 5.96. The van der Waals surface area contributed by atoms with Crippen LogP contribution in [0.15, 0.2) is 18.2 Å². The van der Waals surface area contributed by atoms with Crippen molar-refractivity contribution < 1.29 is 9.13 Å². The molecular formula is C14H21ClFNO. The van der Waals surface area contributed by atoms with Crippen molar-refractivity contribution in [1.29, 1.82) is 0 Å². The lowest BCUT2D eigenvalue weighted by atomic mass is 9.84. The maximum Gasteiger partial charge on any atom is 0.142 e. The summed E-state index contributed by atoms with van der Waals surface area (Å²) in [4.78, 5) is 0. The van der Waals surface area contributed by atoms with Crippen LogP contribution in [0.1, 0.15) is 34.1 Å². The molecule has 0 aromatic heterocycles. The molecule has 4 heteroatoms. The van der Waals surface area contributed by atoms with Crippen LogP contribution in [0.25, 0.3) is 0 Å². The Hall–Kier alpha value is -0.800. The highest BCUT2D eigenvalue weighted by Crippen LogP contribution is 2.29. The normalized spacial score (nSPS) is 15.3. The zero-order valence-electron chi connectivity index (χ0n) is 11.3. The third-order valence-corrected chi connectivity index (χ3v) is 3.16. The summed E-state index contributed by atoms with van der Waals surface area (Å²) in [5.74, 6) is 0.0985. The van der Waals surface area contributed by atoms with Gasteiger partial charge in [0.25, 0.3) is 0 Å². The van der Waals surface area contributed by atoms with E-state index >= 15 is 0 Å². The smallest absolute Gasteiger partial charge is 0.142 e. The fourth-order valence-electron chi connectivity index (χ4n) is 1.82. The first-order valence-corrected chi connectivity index (χ1v) is 6.50. The molecule has 2 N–H and O–H groups in total. The number of nitrogens with two attached hydrogens (primary N) is 1. The Balaban J connectivity index is 2.93. The molecule has 2 nitrogen and oxygen atoms in total. The summed E-state index contributed by atoms with van der Waals surface area (Å²) < 4.78 is 19.0. The molecule has 0 fully saturated rings. The van der Waals surface area contributed by atoms with Crippen LogP contribution >= 0.6 is 11.6 Å². The minimum absolute atomic E-state index is 0.0604. The SMILES string of the molecule is CCC(N)C(Oc1ccc(F)c(Cl)c1)C(C)(C)C. The first kappa shape index (κ1) is 15.3. The topological polar surface area (TPSA) is 35.2 Å². The number of ether oxygens (including phenoxy) is 1. The van der Waals surface area contributed by atoms with Gasteiger partial charge in [0.1, 0.15) is 17.7 Å². The standard InChI is InChI=1S/C14H21ClFNO/c1-5-12(17)13(14(2,3)4)18-9-6-7-11(16)10(15)8-9/h6-8,12-13H,5,17H2,1-4H3. The van der Waals surface area contributed by atoms with E-state index in [1.165, 1.54) is 12.1 Å². The fraction of sp³-hybridized carbons (Fsp3) is 0.571. The van der Waals surface area contributed by atoms with E-state index in [2.05, 4.69) is 20.8 Å². The van der Waals surface area contributed by atoms with Gasteiger partial charge in [0.15, 0.2) is 0 Å². The molecule has 0 saturated carbocycles. The Morgan fingerprint density at radius 2 is 2.00 bits per heavy atom. The van der Waals surface area contributed by atoms with Gasteiger partial charge in [-0.05, 0) is 18.6 Å². The molecule has 0 spiro atoms. The summed E-state index contributed by atoms with van der Waals surface area (Å²) in [5.41, 5.74) is 5.99. The summed E-state index contributed by atoms with van der Waals surface area (Å²) >= 11 is 5.74. The Morgan fingerprint density at radius 1 is 1.39 bits per heavy atom. The predicted octanol–water partition coefficient (Wildman–Crippen LogP) is 4.01. The molecule has 2 unspecified atom stereocenters. The predicted molar refractivity (Wildman–Crippen MR) is 73.5 cm³/mol. The lowest BCUT2D eigenvalue weighted by Gasteiger charge is -2.35. The second kappa shape index (κ2) is 5.89. The highest BCUT2D eigenvalue weighted by atomic mass is 35.5. The average molecular weight is 274 g/mol. The summed E-state index contributed by atoms with van der Waals surface area (Å²) in [6.45, 7) is 8.22. The fourth-order valence-corrected chi connectivity index (χ4v) is 1.99. The Labute approximate surface area is 113 Å². The highest BCUT2D eigenvalue weighted by molar-refractivity contribution is 6.30. The summed E-state index contributed by atoms with van der Waals surface area (Å²) in [5, 5.41) is 0.0604. The van der Waals surface area contributed by atoms with Crippen LogP contribution in [0.3, 0.4) is 0 Å². The molecule has 1 aromatic rings. The monoisotopic (exact) mass is 273 g/mol. The van der Waals surface area contributed by atoms with Crippen LogP contribution in [0.4, 0.5) is 4.39 Å². The van der Waals surface area contributed by atoms with Crippen molar-refractivity contribution >= 4 is 11.6 Å². The third-order valence-electron chi connectivity index (χ3n) is 2.87. The van der Waals surface area contributed by atoms with E-state index in [1.54, 1.807) is 6.07 Å². The molecule has 2 atom stereocenters. The third kappa shape index (κ3) is 3.85. The van der Waals surface area contributed by atoms with Crippen LogP contribution in [0.2, 0.25) is 5.02 Å². The van der Waals surface area contributed by atoms with Gasteiger partial charge < -0.3 is 10.5 Å². The van der Waals surface area contributed by atoms with Gasteiger partial charge in [-0.2, -0.15) is 0 Å². The van der Waals surface area contributed by atoms with Crippen LogP contribution in [-0.2, 0) is 0 Å². The van der Waals surface area contributed by atoms with E-state index in [-0.39, 0.29) is 22.6 Å². The van der Waals surface area contributed by atoms with E-state index < -0.39 is 5.82 Å². The first-order chi connectivity index (χ1) is 8.25. The zero-order chi connectivity index (χ0) is 13.9. The summed E-state index contributed by atoms with van der Waals surface area (Å²) in [6.07, 6.45) is 0.667. The molecular weight excluding hydrogens is 253 g/mol. The number of hydrogen-bond donors (Lipinski definition) is 1. The number of hydrogen-bond acceptors (Lipinski definition) is 2. The average Bonchev–Trinajstić information content (AvgIpc) is 2.28. The molecule has 0 aliphatic rings. The van der Waals surface area contributed by atoms with Crippen LogP contribution in [0.5, 0.6) is 5.75 Å². The Morgan fingerprint density at radius 3 is 2.44 bits per heavy atom. The first-order valence-electron chi connectivity index (χ1n) is 6.13. The van der Waals surface area contributed by atoms with Crippen molar-refractivity contribution in [1.82, 2.24) is 0 Å². The molecule has 0 aliphatic carbocycles. The number of rotatable bonds is 4. The minimum Gasteiger partial charge on any atom is -0.488 e. The Bertz CT molecular complexity index is 403. The van der Waals surface area contributed by atoms with E-state index in [0.717, 1.165) is 6.42 Å². The maximum absolute atomic E-state index is 13.1. The molecule has 0 bridgehead atoms. The molecule has 0 heterocycles. The van der Waals surface area contributed by atoms with Crippen molar-refractivity contribution in [2.75, 3.05) is 0 Å². The molecule has 1 rings (SSSR count). The van der Waals surface area contributed by atoms with Crippen molar-refractivity contribution in [3.8, 4) is 5.75 Å². The molecule has 0 radical (unpaired) electrons. The van der Waals surface area contributed by atoms with E-state index in [0.29, 0.717) is 5.75 Å². The highest BCUT2D eigenvalue weighted by Gasteiger charge is 2.31. The lowest BCUT2D eigenvalue weighted by Crippen LogP contribution is -2.47. The minimum atomic E-state index is -0.448. The molecule has 0 aliphatic heterocycles. The largest absolute Gasteiger partial charge is 0.488 e. The van der Waals surface area contributed by atoms with Crippen LogP contribution in [-0.4, -0.2) is 12.1 Å². The van der Waals surface area contributed by atoms with Crippen molar-refractivity contribution in [3.63, 3.8) is 0 Å². The van der Waals surface area contributed by atoms with Gasteiger partial charge in [-0.15, -0.1) is 0 Å². The maximum atomic E-state index is 13.1. The van der Waals surface area contributed by atoms with Gasteiger partial charge in [0.2, 0.25) is 0 Å². The van der Waals surface area contributed by atoms with Gasteiger partial charge in [0, 0.05) is 17.5 Å². The molecule has 0 saturated heterocycles. The van der Waals surface area contributed by atoms with Gasteiger partial charge >= 0.3 is 0 Å². The van der Waals surface area contributed by atoms with E-state index in [4.69, 9.17) is 22.1 Å². The second-order valence-electron chi connectivity index (χ2n) is 5.55. The quantitative estimate of drug-likeness (QED) is 0.900. The molecule has 18 heavy (non-hydrogen) atoms. The molecule has 1 aromatic carbocycles. The van der Waals surface area contributed by atoms with E-state index in [1.807, 2.05) is 6.92 Å². The van der Waals surface area contributed by atoms with Gasteiger partial charge in [-0.25, -0.2) is 4.39 Å². The van der Waals surface area contributed by atoms with Crippen molar-refractivity contribution in [2.45, 2.75) is 46.3 Å². The van der Waals surface area contributed by atoms with E-state index in [9.17, 15) is 4.39 Å². The summed E-state index contributed by atoms with van der Waals surface area (Å²) in [6, 6.07) is 4.28. The van der Waals surface area contributed by atoms with Gasteiger partial charge in [-0.1, -0.05) is 39.3 Å². The number of halogens is 2. The molecule has 102 valence electrons. The van der Waals surface area contributed by atoms with Crippen molar-refractivity contribution in [2.24, 2.45) is 11.1 Å². The lowest BCUT2D eigenvalue weighted by molar-refractivity contribution is 0.0621.